The second-order valence-corrected chi connectivity index (χ2v) is 9.44. The number of anilines is 1. The molecule has 2 aliphatic rings. The highest BCUT2D eigenvalue weighted by molar-refractivity contribution is 6.18. The Morgan fingerprint density at radius 3 is 1.53 bits per heavy atom. The van der Waals surface area contributed by atoms with Crippen LogP contribution in [0.4, 0.5) is 5.69 Å². The Labute approximate surface area is 208 Å². The van der Waals surface area contributed by atoms with E-state index < -0.39 is 41.3 Å². The monoisotopic (exact) mass is 483 g/mol. The zero-order chi connectivity index (χ0) is 25.7. The van der Waals surface area contributed by atoms with Crippen LogP contribution in [0.3, 0.4) is 0 Å². The fourth-order valence-electron chi connectivity index (χ4n) is 5.03. The van der Waals surface area contributed by atoms with Crippen LogP contribution in [0.5, 0.6) is 11.5 Å². The van der Waals surface area contributed by atoms with Gasteiger partial charge in [0.05, 0.1) is 11.1 Å². The predicted molar refractivity (Wildman–Crippen MR) is 133 cm³/mol. The van der Waals surface area contributed by atoms with E-state index in [1.54, 1.807) is 62.4 Å². The first kappa shape index (κ1) is 23.5. The Hall–Kier alpha value is -4.26. The van der Waals surface area contributed by atoms with E-state index in [1.165, 1.54) is 0 Å². The van der Waals surface area contributed by atoms with E-state index in [9.17, 15) is 19.2 Å². The van der Waals surface area contributed by atoms with Crippen molar-refractivity contribution in [1.82, 2.24) is 0 Å². The second-order valence-electron chi connectivity index (χ2n) is 9.44. The second kappa shape index (κ2) is 8.75. The number of rotatable bonds is 4. The molecule has 7 heteroatoms. The lowest BCUT2D eigenvalue weighted by Gasteiger charge is -2.35. The number of ketones is 2. The van der Waals surface area contributed by atoms with Gasteiger partial charge in [-0.2, -0.15) is 0 Å². The summed E-state index contributed by atoms with van der Waals surface area (Å²) < 4.78 is 11.3. The van der Waals surface area contributed by atoms with Crippen LogP contribution in [0.2, 0.25) is 0 Å². The number of esters is 2. The van der Waals surface area contributed by atoms with Gasteiger partial charge in [0.25, 0.3) is 0 Å². The SMILES string of the molecule is Cc1cccc2c1OC(=O)C(C(c1ccc(N(C)C)cc1)C1C(=O)Oc3c(C)cccc3C1=O)C2=O. The highest BCUT2D eigenvalue weighted by atomic mass is 16.5. The quantitative estimate of drug-likeness (QED) is 0.311. The van der Waals surface area contributed by atoms with Gasteiger partial charge in [0.2, 0.25) is 0 Å². The summed E-state index contributed by atoms with van der Waals surface area (Å²) in [4.78, 5) is 56.1. The van der Waals surface area contributed by atoms with Crippen molar-refractivity contribution in [2.45, 2.75) is 19.8 Å². The molecule has 0 aromatic heterocycles. The Morgan fingerprint density at radius 2 is 1.11 bits per heavy atom. The summed E-state index contributed by atoms with van der Waals surface area (Å²) in [6, 6.07) is 17.2. The molecule has 0 amide bonds. The van der Waals surface area contributed by atoms with Gasteiger partial charge in [-0.3, -0.25) is 19.2 Å². The summed E-state index contributed by atoms with van der Waals surface area (Å²) in [6.07, 6.45) is 0. The first-order chi connectivity index (χ1) is 17.2. The van der Waals surface area contributed by atoms with Crippen molar-refractivity contribution in [2.75, 3.05) is 19.0 Å². The van der Waals surface area contributed by atoms with E-state index >= 15 is 0 Å². The Bertz CT molecular complexity index is 1340. The van der Waals surface area contributed by atoms with E-state index in [1.807, 2.05) is 31.1 Å². The van der Waals surface area contributed by atoms with Crippen LogP contribution in [0.15, 0.2) is 60.7 Å². The summed E-state index contributed by atoms with van der Waals surface area (Å²) >= 11 is 0. The van der Waals surface area contributed by atoms with Crippen LogP contribution in [-0.4, -0.2) is 37.6 Å². The fourth-order valence-corrected chi connectivity index (χ4v) is 5.03. The van der Waals surface area contributed by atoms with E-state index in [0.717, 1.165) is 5.69 Å². The number of carbonyl (C=O) groups is 4. The smallest absolute Gasteiger partial charge is 0.322 e. The van der Waals surface area contributed by atoms with Crippen molar-refractivity contribution in [3.05, 3.63) is 88.5 Å². The molecule has 2 aliphatic heterocycles. The van der Waals surface area contributed by atoms with Crippen LogP contribution in [0.1, 0.15) is 43.3 Å². The van der Waals surface area contributed by atoms with Gasteiger partial charge in [-0.25, -0.2) is 0 Å². The molecule has 182 valence electrons. The number of benzene rings is 3. The molecule has 3 aromatic rings. The van der Waals surface area contributed by atoms with Gasteiger partial charge in [0.15, 0.2) is 11.6 Å². The maximum Gasteiger partial charge on any atom is 0.322 e. The van der Waals surface area contributed by atoms with Gasteiger partial charge in [0.1, 0.15) is 23.3 Å². The van der Waals surface area contributed by atoms with E-state index in [4.69, 9.17) is 9.47 Å². The van der Waals surface area contributed by atoms with Crippen molar-refractivity contribution in [3.63, 3.8) is 0 Å². The zero-order valence-corrected chi connectivity index (χ0v) is 20.4. The molecule has 2 atom stereocenters. The molecule has 5 rings (SSSR count). The molecular formula is C29H25NO6. The molecule has 0 spiro atoms. The molecule has 0 aliphatic carbocycles. The maximum absolute atomic E-state index is 13.8. The lowest BCUT2D eigenvalue weighted by Crippen LogP contribution is -2.46. The minimum Gasteiger partial charge on any atom is -0.425 e. The van der Waals surface area contributed by atoms with Crippen molar-refractivity contribution < 1.29 is 28.7 Å². The van der Waals surface area contributed by atoms with Crippen LogP contribution < -0.4 is 14.4 Å². The largest absolute Gasteiger partial charge is 0.425 e. The van der Waals surface area contributed by atoms with E-state index in [-0.39, 0.29) is 22.6 Å². The standard InChI is InChI=1S/C29H25NO6/c1-15-7-5-9-19-24(31)22(28(33)35-26(15)19)21(17-11-13-18(14-12-17)30(3)4)23-25(32)20-10-6-8-16(2)27(20)36-29(23)34/h5-14,21-23H,1-4H3. The van der Waals surface area contributed by atoms with Gasteiger partial charge in [0, 0.05) is 25.7 Å². The molecule has 0 radical (unpaired) electrons. The van der Waals surface area contributed by atoms with Crippen molar-refractivity contribution in [1.29, 1.82) is 0 Å². The third kappa shape index (κ3) is 3.68. The first-order valence-electron chi connectivity index (χ1n) is 11.7. The van der Waals surface area contributed by atoms with Crippen molar-refractivity contribution in [2.24, 2.45) is 11.8 Å². The number of fused-ring (bicyclic) bond motifs is 2. The van der Waals surface area contributed by atoms with Crippen LogP contribution >= 0.6 is 0 Å². The molecule has 0 fully saturated rings. The number of aryl methyl sites for hydroxylation is 2. The average Bonchev–Trinajstić information content (AvgIpc) is 2.84. The first-order valence-corrected chi connectivity index (χ1v) is 11.7. The Balaban J connectivity index is 1.67. The molecule has 0 saturated heterocycles. The van der Waals surface area contributed by atoms with Gasteiger partial charge in [-0.15, -0.1) is 0 Å². The molecule has 3 aromatic carbocycles. The highest BCUT2D eigenvalue weighted by Crippen LogP contribution is 2.45. The maximum atomic E-state index is 13.8. The van der Waals surface area contributed by atoms with Gasteiger partial charge >= 0.3 is 11.9 Å². The number of para-hydroxylation sites is 2. The normalized spacial score (nSPS) is 19.7. The number of ether oxygens (including phenoxy) is 2. The Kier molecular flexibility index (Phi) is 5.71. The topological polar surface area (TPSA) is 90.0 Å². The number of hydrogen-bond acceptors (Lipinski definition) is 7. The molecule has 2 heterocycles. The van der Waals surface area contributed by atoms with Crippen molar-refractivity contribution >= 4 is 29.2 Å². The number of carbonyl (C=O) groups excluding carboxylic acids is 4. The summed E-state index contributed by atoms with van der Waals surface area (Å²) in [6.45, 7) is 3.50. The third-order valence-corrected chi connectivity index (χ3v) is 6.95. The predicted octanol–water partition coefficient (Wildman–Crippen LogP) is 4.29. The molecular weight excluding hydrogens is 458 g/mol. The molecule has 0 saturated carbocycles. The average molecular weight is 484 g/mol. The van der Waals surface area contributed by atoms with Crippen LogP contribution in [-0.2, 0) is 9.59 Å². The molecule has 2 unspecified atom stereocenters. The molecule has 0 bridgehead atoms. The van der Waals surface area contributed by atoms with Gasteiger partial charge in [-0.1, -0.05) is 36.4 Å². The number of hydrogen-bond donors (Lipinski definition) is 0. The minimum atomic E-state index is -1.39. The van der Waals surface area contributed by atoms with E-state index in [2.05, 4.69) is 0 Å². The summed E-state index contributed by atoms with van der Waals surface area (Å²) in [5.74, 6) is -6.02. The molecule has 0 N–H and O–H groups in total. The van der Waals surface area contributed by atoms with Crippen LogP contribution in [0.25, 0.3) is 0 Å². The van der Waals surface area contributed by atoms with Crippen LogP contribution in [0, 0.1) is 25.7 Å². The molecule has 36 heavy (non-hydrogen) atoms. The minimum absolute atomic E-state index is 0.212. The fraction of sp³-hybridized carbons (Fsp3) is 0.241. The van der Waals surface area contributed by atoms with Gasteiger partial charge in [-0.05, 0) is 54.8 Å². The lowest BCUT2D eigenvalue weighted by molar-refractivity contribution is -0.142. The summed E-state index contributed by atoms with van der Waals surface area (Å²) in [5.41, 5.74) is 3.19. The molecule has 7 nitrogen and oxygen atoms in total. The third-order valence-electron chi connectivity index (χ3n) is 6.95. The summed E-state index contributed by atoms with van der Waals surface area (Å²) in [7, 11) is 3.77. The zero-order valence-electron chi connectivity index (χ0n) is 20.4. The highest BCUT2D eigenvalue weighted by Gasteiger charge is 2.52. The summed E-state index contributed by atoms with van der Waals surface area (Å²) in [5, 5.41) is 0. The van der Waals surface area contributed by atoms with E-state index in [0.29, 0.717) is 16.7 Å². The number of nitrogens with zero attached hydrogens (tertiary/aromatic N) is 1. The Morgan fingerprint density at radius 1 is 0.667 bits per heavy atom. The lowest BCUT2D eigenvalue weighted by atomic mass is 9.70. The van der Waals surface area contributed by atoms with Gasteiger partial charge < -0.3 is 14.4 Å². The number of Topliss-reactive ketones (excluding diaryl/α,β-unsaturated/α-hetero) is 2. The van der Waals surface area contributed by atoms with Crippen molar-refractivity contribution in [3.8, 4) is 11.5 Å².